The van der Waals surface area contributed by atoms with E-state index in [1.807, 2.05) is 60.7 Å². The molecule has 2 N–H and O–H groups in total. The Hall–Kier alpha value is -3.25. The maximum atomic E-state index is 9.12. The molecule has 0 amide bonds. The molecule has 2 heterocycles. The fourth-order valence-corrected chi connectivity index (χ4v) is 2.84. The fourth-order valence-electron chi connectivity index (χ4n) is 2.84. The summed E-state index contributed by atoms with van der Waals surface area (Å²) in [4.78, 5) is 8.81. The minimum atomic E-state index is 0.0715. The van der Waals surface area contributed by atoms with E-state index < -0.39 is 0 Å². The molecule has 2 aromatic heterocycles. The summed E-state index contributed by atoms with van der Waals surface area (Å²) in [5, 5.41) is 16.8. The van der Waals surface area contributed by atoms with Gasteiger partial charge in [-0.25, -0.2) is 4.98 Å². The van der Waals surface area contributed by atoms with Crippen LogP contribution in [0.4, 0.5) is 5.82 Å². The smallest absolute Gasteiger partial charge is 0.254 e. The first-order valence-electron chi connectivity index (χ1n) is 8.52. The highest BCUT2D eigenvalue weighted by atomic mass is 16.3. The largest absolute Gasteiger partial charge is 0.392 e. The Morgan fingerprint density at radius 3 is 2.50 bits per heavy atom. The lowest BCUT2D eigenvalue weighted by molar-refractivity contribution is 0.282. The number of rotatable bonds is 6. The van der Waals surface area contributed by atoms with Crippen LogP contribution in [-0.2, 0) is 13.0 Å². The van der Waals surface area contributed by atoms with Gasteiger partial charge in [0.1, 0.15) is 12.1 Å². The van der Waals surface area contributed by atoms with Crippen molar-refractivity contribution >= 4 is 11.6 Å². The van der Waals surface area contributed by atoms with E-state index in [1.165, 1.54) is 11.9 Å². The minimum Gasteiger partial charge on any atom is -0.392 e. The highest BCUT2D eigenvalue weighted by Gasteiger charge is 2.08. The Morgan fingerprint density at radius 2 is 1.73 bits per heavy atom. The van der Waals surface area contributed by atoms with Crippen LogP contribution < -0.4 is 5.32 Å². The van der Waals surface area contributed by atoms with Crippen molar-refractivity contribution < 1.29 is 5.11 Å². The van der Waals surface area contributed by atoms with E-state index in [0.29, 0.717) is 5.78 Å². The van der Waals surface area contributed by atoms with Crippen LogP contribution in [0.2, 0.25) is 0 Å². The minimum absolute atomic E-state index is 0.0715. The summed E-state index contributed by atoms with van der Waals surface area (Å²) in [6.07, 6.45) is 2.38. The molecule has 130 valence electrons. The van der Waals surface area contributed by atoms with Gasteiger partial charge < -0.3 is 10.4 Å². The Balaban J connectivity index is 1.54. The third kappa shape index (κ3) is 3.41. The van der Waals surface area contributed by atoms with Crippen LogP contribution >= 0.6 is 0 Å². The standard InChI is InChI=1S/C20H19N5O/c26-13-16-8-6-15(7-9-16)10-11-21-19-12-18(17-4-2-1-3-5-17)24-20-22-14-23-25(19)20/h1-9,12,14,21,26H,10-11,13H2. The molecule has 2 aromatic carbocycles. The highest BCUT2D eigenvalue weighted by Crippen LogP contribution is 2.21. The summed E-state index contributed by atoms with van der Waals surface area (Å²) in [5.74, 6) is 1.43. The van der Waals surface area contributed by atoms with Crippen LogP contribution in [0.1, 0.15) is 11.1 Å². The molecule has 0 bridgehead atoms. The molecule has 0 unspecified atom stereocenters. The van der Waals surface area contributed by atoms with Crippen LogP contribution in [0.5, 0.6) is 0 Å². The van der Waals surface area contributed by atoms with Gasteiger partial charge in [-0.2, -0.15) is 14.6 Å². The number of anilines is 1. The average molecular weight is 345 g/mol. The van der Waals surface area contributed by atoms with E-state index in [0.717, 1.165) is 35.6 Å². The van der Waals surface area contributed by atoms with Crippen LogP contribution in [0, 0.1) is 0 Å². The molecule has 4 rings (SSSR count). The molecule has 0 aliphatic heterocycles. The van der Waals surface area contributed by atoms with Gasteiger partial charge >= 0.3 is 0 Å². The van der Waals surface area contributed by atoms with Crippen LogP contribution in [-0.4, -0.2) is 31.2 Å². The van der Waals surface area contributed by atoms with Gasteiger partial charge in [0, 0.05) is 18.2 Å². The lowest BCUT2D eigenvalue weighted by Crippen LogP contribution is -2.10. The molecule has 0 saturated carbocycles. The van der Waals surface area contributed by atoms with Crippen LogP contribution in [0.3, 0.4) is 0 Å². The van der Waals surface area contributed by atoms with Crippen molar-refractivity contribution in [3.63, 3.8) is 0 Å². The summed E-state index contributed by atoms with van der Waals surface area (Å²) in [6.45, 7) is 0.827. The quantitative estimate of drug-likeness (QED) is 0.562. The number of nitrogens with zero attached hydrogens (tertiary/aromatic N) is 4. The number of benzene rings is 2. The highest BCUT2D eigenvalue weighted by molar-refractivity contribution is 5.65. The summed E-state index contributed by atoms with van der Waals surface area (Å²) < 4.78 is 1.71. The molecule has 26 heavy (non-hydrogen) atoms. The summed E-state index contributed by atoms with van der Waals surface area (Å²) in [7, 11) is 0. The van der Waals surface area contributed by atoms with E-state index in [9.17, 15) is 0 Å². The zero-order valence-electron chi connectivity index (χ0n) is 14.2. The van der Waals surface area contributed by atoms with Gasteiger partial charge in [0.2, 0.25) is 0 Å². The molecule has 6 nitrogen and oxygen atoms in total. The average Bonchev–Trinajstić information content (AvgIpc) is 3.18. The van der Waals surface area contributed by atoms with Gasteiger partial charge in [-0.15, -0.1) is 0 Å². The van der Waals surface area contributed by atoms with Gasteiger partial charge in [0.05, 0.1) is 12.3 Å². The first kappa shape index (κ1) is 16.2. The van der Waals surface area contributed by atoms with Gasteiger partial charge in [-0.1, -0.05) is 54.6 Å². The zero-order valence-corrected chi connectivity index (χ0v) is 14.2. The van der Waals surface area contributed by atoms with Crippen molar-refractivity contribution in [2.75, 3.05) is 11.9 Å². The second-order valence-corrected chi connectivity index (χ2v) is 6.02. The molecule has 0 aliphatic rings. The van der Waals surface area contributed by atoms with E-state index >= 15 is 0 Å². The first-order chi connectivity index (χ1) is 12.8. The number of aliphatic hydroxyl groups excluding tert-OH is 1. The monoisotopic (exact) mass is 345 g/mol. The van der Waals surface area contributed by atoms with Crippen molar-refractivity contribution in [1.29, 1.82) is 0 Å². The summed E-state index contributed by atoms with van der Waals surface area (Å²) >= 11 is 0. The van der Waals surface area contributed by atoms with E-state index in [1.54, 1.807) is 4.52 Å². The molecule has 0 fully saturated rings. The number of aromatic nitrogens is 4. The summed E-state index contributed by atoms with van der Waals surface area (Å²) in [6, 6.07) is 20.0. The maximum Gasteiger partial charge on any atom is 0.254 e. The molecule has 0 saturated heterocycles. The number of fused-ring (bicyclic) bond motifs is 1. The van der Waals surface area contributed by atoms with E-state index in [4.69, 9.17) is 5.11 Å². The predicted octanol–water partition coefficient (Wildman–Crippen LogP) is 2.94. The van der Waals surface area contributed by atoms with Crippen molar-refractivity contribution in [3.8, 4) is 11.3 Å². The van der Waals surface area contributed by atoms with Gasteiger partial charge in [-0.05, 0) is 17.5 Å². The molecule has 4 aromatic rings. The molecule has 6 heteroatoms. The Kier molecular flexibility index (Phi) is 4.57. The molecular formula is C20H19N5O. The van der Waals surface area contributed by atoms with Gasteiger partial charge in [-0.3, -0.25) is 0 Å². The molecule has 0 spiro atoms. The van der Waals surface area contributed by atoms with Crippen molar-refractivity contribution in [1.82, 2.24) is 19.6 Å². The molecule has 0 aliphatic carbocycles. The topological polar surface area (TPSA) is 75.3 Å². The molecule has 0 atom stereocenters. The fraction of sp³-hybridized carbons (Fsp3) is 0.150. The predicted molar refractivity (Wildman–Crippen MR) is 101 cm³/mol. The number of hydrogen-bond acceptors (Lipinski definition) is 5. The second kappa shape index (κ2) is 7.33. The van der Waals surface area contributed by atoms with Crippen molar-refractivity contribution in [3.05, 3.63) is 78.1 Å². The number of hydrogen-bond donors (Lipinski definition) is 2. The van der Waals surface area contributed by atoms with Crippen molar-refractivity contribution in [2.45, 2.75) is 13.0 Å². The lowest BCUT2D eigenvalue weighted by Gasteiger charge is -2.10. The summed E-state index contributed by atoms with van der Waals surface area (Å²) in [5.41, 5.74) is 4.04. The SMILES string of the molecule is OCc1ccc(CCNc2cc(-c3ccccc3)nc3ncnn23)cc1. The van der Waals surface area contributed by atoms with Crippen LogP contribution in [0.15, 0.2) is 67.0 Å². The van der Waals surface area contributed by atoms with Gasteiger partial charge in [0.15, 0.2) is 0 Å². The zero-order chi connectivity index (χ0) is 17.8. The third-order valence-electron chi connectivity index (χ3n) is 4.25. The van der Waals surface area contributed by atoms with Crippen molar-refractivity contribution in [2.24, 2.45) is 0 Å². The Labute approximate surface area is 151 Å². The second-order valence-electron chi connectivity index (χ2n) is 6.02. The van der Waals surface area contributed by atoms with Gasteiger partial charge in [0.25, 0.3) is 5.78 Å². The normalized spacial score (nSPS) is 11.0. The lowest BCUT2D eigenvalue weighted by atomic mass is 10.1. The number of nitrogens with one attached hydrogen (secondary N) is 1. The number of aliphatic hydroxyl groups is 1. The molecular weight excluding hydrogens is 326 g/mol. The maximum absolute atomic E-state index is 9.12. The van der Waals surface area contributed by atoms with E-state index in [-0.39, 0.29) is 6.61 Å². The Bertz CT molecular complexity index is 996. The van der Waals surface area contributed by atoms with E-state index in [2.05, 4.69) is 20.4 Å². The molecule has 0 radical (unpaired) electrons. The third-order valence-corrected chi connectivity index (χ3v) is 4.25. The Morgan fingerprint density at radius 1 is 0.962 bits per heavy atom. The first-order valence-corrected chi connectivity index (χ1v) is 8.52. The van der Waals surface area contributed by atoms with Crippen LogP contribution in [0.25, 0.3) is 17.0 Å².